The van der Waals surface area contributed by atoms with Crippen molar-refractivity contribution < 1.29 is 91.2 Å². The number of hydrogen-bond acceptors (Lipinski definition) is 11. The summed E-state index contributed by atoms with van der Waals surface area (Å²) in [7, 11) is 3.95. The minimum Gasteiger partial charge on any atom is -0.870 e. The Morgan fingerprint density at radius 2 is 0.944 bits per heavy atom. The number of aryl methyl sites for hydroxylation is 2. The van der Waals surface area contributed by atoms with Crippen molar-refractivity contribution in [2.24, 2.45) is 0 Å². The molecule has 13 nitrogen and oxygen atoms in total. The summed E-state index contributed by atoms with van der Waals surface area (Å²) in [4.78, 5) is 45.2. The summed E-state index contributed by atoms with van der Waals surface area (Å²) in [6.45, 7) is 5.08. The second-order valence-electron chi connectivity index (χ2n) is 11.2. The third-order valence-electron chi connectivity index (χ3n) is 7.41. The fourth-order valence-electron chi connectivity index (χ4n) is 5.02. The van der Waals surface area contributed by atoms with Gasteiger partial charge >= 0.3 is 55.9 Å². The predicted molar refractivity (Wildman–Crippen MR) is 189 cm³/mol. The number of ether oxygens (including phenoxy) is 5. The third-order valence-corrected chi connectivity index (χ3v) is 7.41. The zero-order valence-electron chi connectivity index (χ0n) is 31.8. The first-order valence-corrected chi connectivity index (χ1v) is 16.1. The average molecular weight is 731 g/mol. The molecular formula is C39H44Li2N2O11. The molecule has 15 heteroatoms. The molecule has 4 aromatic carbocycles. The Morgan fingerprint density at radius 3 is 1.31 bits per heavy atom. The number of methoxy groups -OCH3 is 3. The van der Waals surface area contributed by atoms with E-state index in [1.807, 2.05) is 68.4 Å². The van der Waals surface area contributed by atoms with Crippen LogP contribution in [0.1, 0.15) is 66.3 Å². The summed E-state index contributed by atoms with van der Waals surface area (Å²) in [5.41, 5.74) is 6.11. The molecule has 2 amide bonds. The Bertz CT molecular complexity index is 1770. The predicted octanol–water partition coefficient (Wildman–Crippen LogP) is -1.10. The van der Waals surface area contributed by atoms with Gasteiger partial charge in [0.25, 0.3) is 0 Å². The van der Waals surface area contributed by atoms with E-state index in [4.69, 9.17) is 14.2 Å². The molecular weight excluding hydrogens is 686 g/mol. The summed E-state index contributed by atoms with van der Waals surface area (Å²) in [5, 5.41) is 16.2. The standard InChI is InChI=1S/C20H23NO5.C19H21NO5.2Li.H2O/c1-14-6-4-7-15(12-14)18(26-11-10-21-20(23)25-3)16-8-5-9-17(13-16)19(22)24-2;1-13-5-3-6-14(11-13)17(25-10-9-20-19(23)24-2)15-7-4-8-16(12-15)18(21)22;;;/h4-9,12-13,18H,10-11H2,1-3H3,(H,21,23);3-8,11-12,17H,9-10H2,1-2H3,(H,20,23)(H,21,22);;;1H2/q;;2*+1;/p-2. The third kappa shape index (κ3) is 16.2. The maximum atomic E-state index is 11.8. The van der Waals surface area contributed by atoms with Crippen molar-refractivity contribution in [1.82, 2.24) is 10.6 Å². The van der Waals surface area contributed by atoms with Crippen LogP contribution in [-0.4, -0.2) is 77.2 Å². The van der Waals surface area contributed by atoms with Crippen molar-refractivity contribution in [3.8, 4) is 0 Å². The van der Waals surface area contributed by atoms with Crippen molar-refractivity contribution >= 4 is 24.1 Å². The molecule has 0 aromatic heterocycles. The van der Waals surface area contributed by atoms with E-state index in [9.17, 15) is 24.3 Å². The fourth-order valence-corrected chi connectivity index (χ4v) is 5.02. The summed E-state index contributed by atoms with van der Waals surface area (Å²) in [6, 6.07) is 29.3. The second kappa shape index (κ2) is 26.2. The number of esters is 1. The van der Waals surface area contributed by atoms with Gasteiger partial charge in [-0.3, -0.25) is 0 Å². The molecule has 0 aliphatic rings. The average Bonchev–Trinajstić information content (AvgIpc) is 3.14. The number of carboxylic acid groups (broad SMARTS) is 1. The van der Waals surface area contributed by atoms with Crippen molar-refractivity contribution in [3.05, 3.63) is 142 Å². The topological polar surface area (TPSA) is 192 Å². The minimum atomic E-state index is -1.24. The molecule has 3 N–H and O–H groups in total. The first-order chi connectivity index (χ1) is 24.6. The van der Waals surface area contributed by atoms with Crippen molar-refractivity contribution in [2.75, 3.05) is 47.6 Å². The van der Waals surface area contributed by atoms with E-state index < -0.39 is 30.2 Å². The van der Waals surface area contributed by atoms with Gasteiger partial charge in [-0.25, -0.2) is 14.4 Å². The Hall–Kier alpha value is -4.57. The van der Waals surface area contributed by atoms with Crippen LogP contribution in [-0.2, 0) is 23.7 Å². The van der Waals surface area contributed by atoms with Crippen molar-refractivity contribution in [1.29, 1.82) is 0 Å². The van der Waals surface area contributed by atoms with Crippen LogP contribution < -0.4 is 53.5 Å². The smallest absolute Gasteiger partial charge is 0.870 e. The summed E-state index contributed by atoms with van der Waals surface area (Å²) >= 11 is 0. The van der Waals surface area contributed by atoms with Crippen LogP contribution in [0.4, 0.5) is 9.59 Å². The zero-order valence-corrected chi connectivity index (χ0v) is 31.8. The van der Waals surface area contributed by atoms with Crippen LogP contribution >= 0.6 is 0 Å². The molecule has 0 spiro atoms. The van der Waals surface area contributed by atoms with Gasteiger partial charge in [0, 0.05) is 13.1 Å². The SMILES string of the molecule is COC(=O)NCCOC(c1cccc(C)c1)c1cccc(C(=O)OC)c1.COC(=O)NCCOC(c1cccc(C)c1)c1cccc(C(=O)[O-])c1.[Li+].[Li+].[OH-]. The van der Waals surface area contributed by atoms with Crippen LogP contribution in [0.25, 0.3) is 0 Å². The molecule has 0 bridgehead atoms. The number of carbonyl (C=O) groups excluding carboxylic acids is 4. The van der Waals surface area contributed by atoms with Gasteiger partial charge in [-0.2, -0.15) is 0 Å². The molecule has 0 aliphatic carbocycles. The maximum Gasteiger partial charge on any atom is 1.00 e. The Labute approximate surface area is 339 Å². The van der Waals surface area contributed by atoms with Gasteiger partial charge in [0.1, 0.15) is 12.2 Å². The summed E-state index contributed by atoms with van der Waals surface area (Å²) < 4.78 is 25.8. The number of aromatic carboxylic acids is 1. The largest absolute Gasteiger partial charge is 1.00 e. The van der Waals surface area contributed by atoms with Crippen molar-refractivity contribution in [3.63, 3.8) is 0 Å². The molecule has 0 heterocycles. The molecule has 54 heavy (non-hydrogen) atoms. The van der Waals surface area contributed by atoms with Crippen LogP contribution in [0.5, 0.6) is 0 Å². The molecule has 0 saturated carbocycles. The van der Waals surface area contributed by atoms with Crippen molar-refractivity contribution in [2.45, 2.75) is 26.1 Å². The first-order valence-electron chi connectivity index (χ1n) is 16.1. The van der Waals surface area contributed by atoms with Crippen LogP contribution in [0.3, 0.4) is 0 Å². The van der Waals surface area contributed by atoms with E-state index in [0.717, 1.165) is 27.8 Å². The Kier molecular flexibility index (Phi) is 24.0. The second-order valence-corrected chi connectivity index (χ2v) is 11.2. The summed E-state index contributed by atoms with van der Waals surface area (Å²) in [6.07, 6.45) is -1.87. The van der Waals surface area contributed by atoms with E-state index >= 15 is 0 Å². The Morgan fingerprint density at radius 1 is 0.574 bits per heavy atom. The molecule has 0 fully saturated rings. The quantitative estimate of drug-likeness (QED) is 0.0693. The van der Waals surface area contributed by atoms with E-state index in [1.165, 1.54) is 33.5 Å². The number of carboxylic acids is 1. The number of alkyl carbamates (subject to hydrolysis) is 2. The van der Waals surface area contributed by atoms with Crippen LogP contribution in [0.15, 0.2) is 97.1 Å². The van der Waals surface area contributed by atoms with Gasteiger partial charge in [-0.15, -0.1) is 0 Å². The molecule has 0 saturated heterocycles. The van der Waals surface area contributed by atoms with Gasteiger partial charge in [0.05, 0.1) is 46.1 Å². The Balaban J connectivity index is 0.000000986. The molecule has 2 atom stereocenters. The zero-order chi connectivity index (χ0) is 37.2. The number of rotatable bonds is 14. The van der Waals surface area contributed by atoms with Gasteiger partial charge in [-0.05, 0) is 59.9 Å². The molecule has 4 aromatic rings. The van der Waals surface area contributed by atoms with Gasteiger partial charge < -0.3 is 49.7 Å². The fraction of sp³-hybridized carbons (Fsp3) is 0.282. The monoisotopic (exact) mass is 730 g/mol. The number of hydrogen-bond donors (Lipinski definition) is 2. The van der Waals surface area contributed by atoms with E-state index in [0.29, 0.717) is 17.7 Å². The van der Waals surface area contributed by atoms with Crippen LogP contribution in [0, 0.1) is 13.8 Å². The molecule has 0 aliphatic heterocycles. The summed E-state index contributed by atoms with van der Waals surface area (Å²) in [5.74, 6) is -1.64. The number of carbonyl (C=O) groups is 4. The van der Waals surface area contributed by atoms with E-state index in [-0.39, 0.29) is 74.6 Å². The van der Waals surface area contributed by atoms with E-state index in [2.05, 4.69) is 20.1 Å². The number of benzene rings is 4. The maximum absolute atomic E-state index is 11.8. The molecule has 2 unspecified atom stereocenters. The minimum absolute atomic E-state index is 0. The molecule has 0 radical (unpaired) electrons. The van der Waals surface area contributed by atoms with E-state index in [1.54, 1.807) is 30.3 Å². The van der Waals surface area contributed by atoms with Gasteiger partial charge in [-0.1, -0.05) is 90.0 Å². The van der Waals surface area contributed by atoms with Gasteiger partial charge in [0.15, 0.2) is 0 Å². The first kappa shape index (κ1) is 49.4. The van der Waals surface area contributed by atoms with Crippen LogP contribution in [0.2, 0.25) is 0 Å². The molecule has 278 valence electrons. The molecule has 4 rings (SSSR count). The normalized spacial score (nSPS) is 10.9. The van der Waals surface area contributed by atoms with Gasteiger partial charge in [0.2, 0.25) is 0 Å². The number of nitrogens with one attached hydrogen (secondary N) is 2. The number of amides is 2.